The van der Waals surface area contributed by atoms with E-state index in [1.54, 1.807) is 13.4 Å². The maximum absolute atomic E-state index is 11.4. The van der Waals surface area contributed by atoms with E-state index in [4.69, 9.17) is 4.74 Å². The van der Waals surface area contributed by atoms with Gasteiger partial charge in [-0.05, 0) is 49.2 Å². The molecule has 0 radical (unpaired) electrons. The van der Waals surface area contributed by atoms with E-state index in [0.717, 1.165) is 45.7 Å². The van der Waals surface area contributed by atoms with E-state index in [2.05, 4.69) is 22.3 Å². The number of hydrogen-bond donors (Lipinski definition) is 1. The molecule has 26 heavy (non-hydrogen) atoms. The van der Waals surface area contributed by atoms with Gasteiger partial charge in [0.05, 0.1) is 23.9 Å². The van der Waals surface area contributed by atoms with Gasteiger partial charge in [0.25, 0.3) is 0 Å². The number of nitriles is 1. The molecule has 3 rings (SSSR count). The van der Waals surface area contributed by atoms with Gasteiger partial charge in [-0.3, -0.25) is 0 Å². The third-order valence-electron chi connectivity index (χ3n) is 4.45. The highest BCUT2D eigenvalue weighted by molar-refractivity contribution is 7.85. The number of anilines is 1. The smallest absolute Gasteiger partial charge is 0.120 e. The number of rotatable bonds is 5. The molecule has 5 nitrogen and oxygen atoms in total. The first-order valence-corrected chi connectivity index (χ1v) is 9.87. The van der Waals surface area contributed by atoms with E-state index in [-0.39, 0.29) is 0 Å². The van der Waals surface area contributed by atoms with Gasteiger partial charge >= 0.3 is 0 Å². The van der Waals surface area contributed by atoms with Crippen LogP contribution in [0.4, 0.5) is 5.69 Å². The van der Waals surface area contributed by atoms with Crippen LogP contribution in [0.5, 0.6) is 5.75 Å². The Kier molecular flexibility index (Phi) is 5.01. The summed E-state index contributed by atoms with van der Waals surface area (Å²) in [5.74, 6) is 0.766. The Balaban J connectivity index is 2.26. The minimum Gasteiger partial charge on any atom is -0.497 e. The molecule has 1 unspecified atom stereocenters. The van der Waals surface area contributed by atoms with Crippen LogP contribution in [0.1, 0.15) is 18.1 Å². The summed E-state index contributed by atoms with van der Waals surface area (Å²) in [6, 6.07) is 14.0. The van der Waals surface area contributed by atoms with Crippen molar-refractivity contribution in [1.82, 2.24) is 4.57 Å². The number of benzene rings is 2. The van der Waals surface area contributed by atoms with Gasteiger partial charge in [-0.1, -0.05) is 6.07 Å². The van der Waals surface area contributed by atoms with E-state index in [1.165, 1.54) is 0 Å². The van der Waals surface area contributed by atoms with Gasteiger partial charge in [-0.25, -0.2) is 4.21 Å². The molecule has 0 saturated carbocycles. The van der Waals surface area contributed by atoms with Gasteiger partial charge in [0, 0.05) is 29.9 Å². The number of fused-ring (bicyclic) bond motifs is 1. The normalized spacial score (nSPS) is 12.0. The van der Waals surface area contributed by atoms with Gasteiger partial charge in [-0.2, -0.15) is 5.26 Å². The van der Waals surface area contributed by atoms with Crippen molar-refractivity contribution in [3.05, 3.63) is 47.5 Å². The molecule has 2 aromatic carbocycles. The summed E-state index contributed by atoms with van der Waals surface area (Å²) in [5.41, 5.74) is 5.30. The molecule has 0 spiro atoms. The predicted molar refractivity (Wildman–Crippen MR) is 107 cm³/mol. The summed E-state index contributed by atoms with van der Waals surface area (Å²) in [5, 5.41) is 10.7. The second-order valence-electron chi connectivity index (χ2n) is 6.05. The van der Waals surface area contributed by atoms with Crippen LogP contribution in [0.2, 0.25) is 0 Å². The molecule has 0 bridgehead atoms. The monoisotopic (exact) mass is 367 g/mol. The standard InChI is InChI=1S/C20H21N3O2S/c1-5-23-19-11-15(25-3)7-8-16(19)17(12-21)20(23)14-6-9-18(13(2)10-14)22-26(4)24/h6-11,22H,5H2,1-4H3. The van der Waals surface area contributed by atoms with Crippen LogP contribution < -0.4 is 9.46 Å². The summed E-state index contributed by atoms with van der Waals surface area (Å²) in [6.07, 6.45) is 1.60. The van der Waals surface area contributed by atoms with Crippen molar-refractivity contribution in [3.8, 4) is 23.1 Å². The molecule has 1 atom stereocenters. The molecule has 0 aliphatic carbocycles. The molecule has 1 aromatic heterocycles. The molecule has 1 heterocycles. The highest BCUT2D eigenvalue weighted by atomic mass is 32.2. The van der Waals surface area contributed by atoms with Crippen molar-refractivity contribution < 1.29 is 8.95 Å². The Labute approximate surface area is 155 Å². The lowest BCUT2D eigenvalue weighted by Crippen LogP contribution is -2.03. The first kappa shape index (κ1) is 18.0. The van der Waals surface area contributed by atoms with Crippen molar-refractivity contribution in [2.75, 3.05) is 18.1 Å². The number of aromatic nitrogens is 1. The van der Waals surface area contributed by atoms with Crippen molar-refractivity contribution in [3.63, 3.8) is 0 Å². The summed E-state index contributed by atoms with van der Waals surface area (Å²) in [4.78, 5) is 0. The zero-order chi connectivity index (χ0) is 18.8. The number of nitrogens with zero attached hydrogens (tertiary/aromatic N) is 2. The Hall–Kier alpha value is -2.78. The fraction of sp³-hybridized carbons (Fsp3) is 0.250. The van der Waals surface area contributed by atoms with E-state index in [9.17, 15) is 9.47 Å². The second-order valence-corrected chi connectivity index (χ2v) is 7.16. The zero-order valence-corrected chi connectivity index (χ0v) is 16.1. The average Bonchev–Trinajstić information content (AvgIpc) is 2.95. The lowest BCUT2D eigenvalue weighted by molar-refractivity contribution is 0.415. The van der Waals surface area contributed by atoms with Crippen LogP contribution in [0.25, 0.3) is 22.2 Å². The van der Waals surface area contributed by atoms with Gasteiger partial charge < -0.3 is 14.0 Å². The van der Waals surface area contributed by atoms with Crippen molar-refractivity contribution in [2.24, 2.45) is 0 Å². The van der Waals surface area contributed by atoms with Crippen LogP contribution in [-0.4, -0.2) is 22.1 Å². The average molecular weight is 367 g/mol. The van der Waals surface area contributed by atoms with Crippen LogP contribution in [-0.2, 0) is 17.5 Å². The quantitative estimate of drug-likeness (QED) is 0.734. The molecule has 0 saturated heterocycles. The number of methoxy groups -OCH3 is 1. The fourth-order valence-electron chi connectivity index (χ4n) is 3.28. The molecule has 0 aliphatic heterocycles. The Morgan fingerprint density at radius 3 is 2.62 bits per heavy atom. The maximum atomic E-state index is 11.4. The van der Waals surface area contributed by atoms with E-state index in [0.29, 0.717) is 5.56 Å². The highest BCUT2D eigenvalue weighted by Crippen LogP contribution is 2.36. The van der Waals surface area contributed by atoms with Crippen molar-refractivity contribution in [1.29, 1.82) is 5.26 Å². The third kappa shape index (κ3) is 3.06. The summed E-state index contributed by atoms with van der Waals surface area (Å²) < 4.78 is 21.9. The van der Waals surface area contributed by atoms with Crippen LogP contribution in [0, 0.1) is 18.3 Å². The van der Waals surface area contributed by atoms with Gasteiger partial charge in [0.1, 0.15) is 22.8 Å². The second kappa shape index (κ2) is 7.22. The molecule has 0 aliphatic rings. The number of nitrogens with one attached hydrogen (secondary N) is 1. The Bertz CT molecular complexity index is 1050. The molecule has 0 amide bonds. The summed E-state index contributed by atoms with van der Waals surface area (Å²) >= 11 is 0. The predicted octanol–water partition coefficient (Wildman–Crippen LogP) is 4.22. The topological polar surface area (TPSA) is 67.0 Å². The first-order valence-electron chi connectivity index (χ1n) is 8.31. The maximum Gasteiger partial charge on any atom is 0.120 e. The van der Waals surface area contributed by atoms with Crippen LogP contribution >= 0.6 is 0 Å². The molecule has 134 valence electrons. The zero-order valence-electron chi connectivity index (χ0n) is 15.3. The number of hydrogen-bond acceptors (Lipinski definition) is 3. The van der Waals surface area contributed by atoms with Crippen molar-refractivity contribution >= 4 is 27.6 Å². The SMILES string of the molecule is CCn1c(-c2ccc(NS(C)=O)c(C)c2)c(C#N)c2ccc(OC)cc21. The minimum absolute atomic E-state index is 0.656. The fourth-order valence-corrected chi connectivity index (χ4v) is 3.82. The first-order chi connectivity index (χ1) is 12.5. The number of aryl methyl sites for hydroxylation is 2. The molecule has 6 heteroatoms. The molecule has 3 aromatic rings. The van der Waals surface area contributed by atoms with Gasteiger partial charge in [0.2, 0.25) is 0 Å². The number of ether oxygens (including phenoxy) is 1. The highest BCUT2D eigenvalue weighted by Gasteiger charge is 2.19. The Morgan fingerprint density at radius 1 is 1.27 bits per heavy atom. The summed E-state index contributed by atoms with van der Waals surface area (Å²) in [7, 11) is 0.511. The molecule has 1 N–H and O–H groups in total. The van der Waals surface area contributed by atoms with E-state index in [1.807, 2.05) is 43.3 Å². The van der Waals surface area contributed by atoms with E-state index >= 15 is 0 Å². The Morgan fingerprint density at radius 2 is 2.04 bits per heavy atom. The third-order valence-corrected chi connectivity index (χ3v) is 4.96. The van der Waals surface area contributed by atoms with Crippen LogP contribution in [0.15, 0.2) is 36.4 Å². The van der Waals surface area contributed by atoms with Gasteiger partial charge in [-0.15, -0.1) is 0 Å². The lowest BCUT2D eigenvalue weighted by Gasteiger charge is -2.12. The molecular weight excluding hydrogens is 346 g/mol. The van der Waals surface area contributed by atoms with Crippen LogP contribution in [0.3, 0.4) is 0 Å². The van der Waals surface area contributed by atoms with E-state index < -0.39 is 11.0 Å². The molecular formula is C20H21N3O2S. The lowest BCUT2D eigenvalue weighted by atomic mass is 10.0. The summed E-state index contributed by atoms with van der Waals surface area (Å²) in [6.45, 7) is 4.76. The largest absolute Gasteiger partial charge is 0.497 e. The minimum atomic E-state index is -1.13. The van der Waals surface area contributed by atoms with Crippen molar-refractivity contribution in [2.45, 2.75) is 20.4 Å². The molecule has 0 fully saturated rings. The van der Waals surface area contributed by atoms with Gasteiger partial charge in [0.15, 0.2) is 0 Å².